The summed E-state index contributed by atoms with van der Waals surface area (Å²) in [4.78, 5) is 29.9. The Bertz CT molecular complexity index is 2760. The second-order valence-corrected chi connectivity index (χ2v) is 20.8. The van der Waals surface area contributed by atoms with Crippen LogP contribution in [-0.4, -0.2) is 81.2 Å². The highest BCUT2D eigenvalue weighted by atomic mass is 35.5. The van der Waals surface area contributed by atoms with E-state index in [2.05, 4.69) is 10.2 Å². The van der Waals surface area contributed by atoms with Crippen LogP contribution in [0, 0.1) is 17.0 Å². The Kier molecular flexibility index (Phi) is 15.3. The molecule has 0 radical (unpaired) electrons. The fraction of sp³-hybridized carbons (Fsp3) is 0.392. The van der Waals surface area contributed by atoms with Crippen LogP contribution in [0.15, 0.2) is 114 Å². The van der Waals surface area contributed by atoms with Gasteiger partial charge in [0.1, 0.15) is 40.7 Å². The number of rotatable bonds is 19. The lowest BCUT2D eigenvalue weighted by molar-refractivity contribution is -0.605. The number of benzene rings is 4. The lowest BCUT2D eigenvalue weighted by Gasteiger charge is -2.43. The van der Waals surface area contributed by atoms with Crippen LogP contribution >= 0.6 is 23.2 Å². The molecule has 5 heterocycles. The van der Waals surface area contributed by atoms with Crippen LogP contribution in [0.25, 0.3) is 0 Å². The maximum atomic E-state index is 14.4. The summed E-state index contributed by atoms with van der Waals surface area (Å²) in [5.41, 5.74) is 2.71. The Morgan fingerprint density at radius 2 is 1.56 bits per heavy atom. The van der Waals surface area contributed by atoms with Crippen LogP contribution in [0.1, 0.15) is 78.5 Å². The van der Waals surface area contributed by atoms with Crippen LogP contribution in [-0.2, 0) is 37.3 Å². The van der Waals surface area contributed by atoms with Crippen molar-refractivity contribution in [2.24, 2.45) is 11.8 Å². The van der Waals surface area contributed by atoms with E-state index in [4.69, 9.17) is 46.9 Å². The molecule has 1 saturated carbocycles. The smallest absolute Gasteiger partial charge is 0.408 e. The molecular weight excluding hydrogens is 970 g/mol. The molecule has 4 aliphatic heterocycles. The number of fused-ring (bicyclic) bond motifs is 3. The summed E-state index contributed by atoms with van der Waals surface area (Å²) in [7, 11) is -4.29. The first-order chi connectivity index (χ1) is 33.8. The van der Waals surface area contributed by atoms with Gasteiger partial charge in [0.25, 0.3) is 0 Å². The number of hydrogen-bond acceptors (Lipinski definition) is 11. The molecule has 2 bridgehead atoms. The van der Waals surface area contributed by atoms with Gasteiger partial charge in [-0.15, -0.1) is 0 Å². The predicted octanol–water partition coefficient (Wildman–Crippen LogP) is 9.19. The number of halogens is 4. The third-order valence-electron chi connectivity index (χ3n) is 13.3. The Hall–Kier alpha value is -5.72. The minimum absolute atomic E-state index is 0.0000720. The van der Waals surface area contributed by atoms with E-state index in [1.807, 2.05) is 48.5 Å². The Morgan fingerprint density at radius 1 is 0.814 bits per heavy atom. The largest absolute Gasteiger partial charge is 0.619 e. The summed E-state index contributed by atoms with van der Waals surface area (Å²) in [5, 5.41) is 15.1. The lowest BCUT2D eigenvalue weighted by Crippen LogP contribution is -2.52. The minimum Gasteiger partial charge on any atom is -0.619 e. The predicted molar refractivity (Wildman–Crippen MR) is 254 cm³/mol. The quantitative estimate of drug-likeness (QED) is 0.0477. The molecule has 1 aliphatic carbocycles. The third kappa shape index (κ3) is 11.9. The number of alkyl halides is 2. The van der Waals surface area contributed by atoms with Gasteiger partial charge in [-0.3, -0.25) is 9.69 Å². The molecule has 5 aliphatic rings. The fourth-order valence-corrected chi connectivity index (χ4v) is 11.7. The molecule has 4 aromatic carbocycles. The molecule has 10 rings (SSSR count). The van der Waals surface area contributed by atoms with Crippen LogP contribution in [0.3, 0.4) is 0 Å². The molecular formula is C51H52Cl2F2N4O10S. The van der Waals surface area contributed by atoms with E-state index in [1.165, 1.54) is 30.3 Å². The monoisotopic (exact) mass is 1020 g/mol. The van der Waals surface area contributed by atoms with E-state index in [0.717, 1.165) is 73.1 Å². The molecule has 19 heteroatoms. The molecule has 5 aromatic rings. The number of aromatic nitrogens is 1. The van der Waals surface area contributed by atoms with E-state index in [-0.39, 0.29) is 76.6 Å². The van der Waals surface area contributed by atoms with Gasteiger partial charge < -0.3 is 34.2 Å². The first-order valence-corrected chi connectivity index (χ1v) is 25.5. The second kappa shape index (κ2) is 21.7. The van der Waals surface area contributed by atoms with E-state index < -0.39 is 46.9 Å². The third-order valence-corrected chi connectivity index (χ3v) is 15.8. The number of amides is 1. The van der Waals surface area contributed by atoms with Crippen molar-refractivity contribution in [2.45, 2.75) is 87.4 Å². The second-order valence-electron chi connectivity index (χ2n) is 18.1. The number of piperidine rings is 3. The summed E-state index contributed by atoms with van der Waals surface area (Å²) in [6, 6.07) is 25.5. The van der Waals surface area contributed by atoms with Gasteiger partial charge in [0.15, 0.2) is 23.9 Å². The molecule has 0 unspecified atom stereocenters. The topological polar surface area (TPSA) is 160 Å². The maximum absolute atomic E-state index is 14.4. The van der Waals surface area contributed by atoms with Gasteiger partial charge in [-0.25, -0.2) is 13.2 Å². The number of esters is 1. The maximum Gasteiger partial charge on any atom is 0.408 e. The van der Waals surface area contributed by atoms with Crippen molar-refractivity contribution < 1.29 is 55.2 Å². The average Bonchev–Trinajstić information content (AvgIpc) is 4.05. The molecule has 70 heavy (non-hydrogen) atoms. The highest BCUT2D eigenvalue weighted by Gasteiger charge is 2.42. The van der Waals surface area contributed by atoms with Crippen LogP contribution in [0.5, 0.6) is 17.2 Å². The number of nitrogens with zero attached hydrogens (tertiary/aromatic N) is 3. The van der Waals surface area contributed by atoms with Gasteiger partial charge in [0.2, 0.25) is 10.0 Å². The number of ether oxygens (including phenoxy) is 5. The van der Waals surface area contributed by atoms with Gasteiger partial charge in [-0.2, -0.15) is 17.8 Å². The summed E-state index contributed by atoms with van der Waals surface area (Å²) in [6.45, 7) is -0.0575. The van der Waals surface area contributed by atoms with Gasteiger partial charge in [-0.05, 0) is 122 Å². The van der Waals surface area contributed by atoms with E-state index in [9.17, 15) is 32.0 Å². The number of nitrogens with one attached hydrogen (secondary N) is 1. The number of carbonyl (C=O) groups is 2. The summed E-state index contributed by atoms with van der Waals surface area (Å²) in [6.07, 6.45) is 4.56. The lowest BCUT2D eigenvalue weighted by atomic mass is 9.86. The zero-order valence-corrected chi connectivity index (χ0v) is 40.3. The summed E-state index contributed by atoms with van der Waals surface area (Å²) in [5.74, 6) is 0.0191. The zero-order chi connectivity index (χ0) is 48.9. The van der Waals surface area contributed by atoms with E-state index in [1.54, 1.807) is 18.2 Å². The highest BCUT2D eigenvalue weighted by Crippen LogP contribution is 2.39. The van der Waals surface area contributed by atoms with Crippen molar-refractivity contribution >= 4 is 45.3 Å². The first-order valence-electron chi connectivity index (χ1n) is 23.3. The normalized spacial score (nSPS) is 20.9. The van der Waals surface area contributed by atoms with E-state index >= 15 is 0 Å². The van der Waals surface area contributed by atoms with E-state index in [0.29, 0.717) is 33.9 Å². The summed E-state index contributed by atoms with van der Waals surface area (Å²) < 4.78 is 86.2. The number of hydrogen-bond donors (Lipinski definition) is 1. The SMILES string of the molecule is O=C(N[C@@H](c1ccccc1)c1cccc(OCc2cccc(S(=O)(=O)N3CCC[C@H]3C(=O)O[C@@H](Cc3c(Cl)c[n+]([O-])cc3Cl)c3ccc(OC(F)F)c(OCC4CC4)c3)c2)c1)O[C@H]1CN2CCC1CC2. The molecule has 5 fully saturated rings. The molecule has 4 saturated heterocycles. The molecule has 0 spiro atoms. The Labute approximate surface area is 415 Å². The molecule has 1 aromatic heterocycles. The van der Waals surface area contributed by atoms with Gasteiger partial charge in [-0.1, -0.05) is 83.9 Å². The molecule has 370 valence electrons. The van der Waals surface area contributed by atoms with Crippen molar-refractivity contribution in [3.05, 3.63) is 153 Å². The molecule has 1 N–H and O–H groups in total. The van der Waals surface area contributed by atoms with Crippen molar-refractivity contribution in [1.29, 1.82) is 0 Å². The van der Waals surface area contributed by atoms with Crippen LogP contribution in [0.2, 0.25) is 10.0 Å². The fourth-order valence-electron chi connectivity index (χ4n) is 9.36. The number of carbonyl (C=O) groups excluding carboxylic acids is 2. The van der Waals surface area contributed by atoms with Gasteiger partial charge >= 0.3 is 18.7 Å². The zero-order valence-electron chi connectivity index (χ0n) is 38.0. The van der Waals surface area contributed by atoms with Crippen LogP contribution < -0.4 is 24.3 Å². The van der Waals surface area contributed by atoms with Gasteiger partial charge in [0.05, 0.1) is 17.5 Å². The first kappa shape index (κ1) is 49.3. The Morgan fingerprint density at radius 3 is 2.27 bits per heavy atom. The van der Waals surface area contributed by atoms with Crippen molar-refractivity contribution in [2.75, 3.05) is 32.8 Å². The van der Waals surface area contributed by atoms with Crippen molar-refractivity contribution in [3.63, 3.8) is 0 Å². The number of alkyl carbamates (subject to hydrolysis) is 1. The van der Waals surface area contributed by atoms with Gasteiger partial charge in [0, 0.05) is 25.1 Å². The Balaban J connectivity index is 0.901. The number of sulfonamides is 1. The number of pyridine rings is 1. The van der Waals surface area contributed by atoms with Crippen molar-refractivity contribution in [1.82, 2.24) is 14.5 Å². The highest BCUT2D eigenvalue weighted by molar-refractivity contribution is 7.89. The molecule has 1 amide bonds. The average molecular weight is 1020 g/mol. The molecule has 4 atom stereocenters. The van der Waals surface area contributed by atoms with Crippen LogP contribution in [0.4, 0.5) is 13.6 Å². The molecule has 14 nitrogen and oxygen atoms in total. The van der Waals surface area contributed by atoms with Crippen molar-refractivity contribution in [3.8, 4) is 17.2 Å². The summed E-state index contributed by atoms with van der Waals surface area (Å²) >= 11 is 12.9. The standard InChI is InChI=1S/C51H52Cl2F2N4O10S/c52-41-27-58(62)28-42(53)40(41)26-45(36-16-17-44(68-50(54)55)46(25-36)66-30-32-14-15-32)67-49(60)43-13-6-20-59(43)70(63,64)39-12-4-7-33(23-39)31-65-38-11-5-10-37(24-38)48(35-8-2-1-3-9-35)56-51(61)69-47-29-57-21-18-34(47)19-22-57/h1-5,7-12,16-17,23-25,27-28,32,34,43,45,47-48,50H,6,13-15,18-22,26,29-31H2,(H,56,61)/t43-,45-,47-,48-/m0/s1. The minimum atomic E-state index is -4.29.